The van der Waals surface area contributed by atoms with E-state index in [1.807, 2.05) is 47.8 Å². The van der Waals surface area contributed by atoms with Crippen molar-refractivity contribution in [1.82, 2.24) is 29.1 Å². The molecule has 4 rings (SSSR count). The summed E-state index contributed by atoms with van der Waals surface area (Å²) in [6, 6.07) is 6.13. The Morgan fingerprint density at radius 3 is 2.73 bits per heavy atom. The van der Waals surface area contributed by atoms with Crippen molar-refractivity contribution in [1.29, 1.82) is 0 Å². The maximum Gasteiger partial charge on any atom is 0.164 e. The number of rotatable bonds is 2. The van der Waals surface area contributed by atoms with E-state index in [9.17, 15) is 0 Å². The van der Waals surface area contributed by atoms with E-state index in [1.54, 1.807) is 18.6 Å². The first-order valence-electron chi connectivity index (χ1n) is 6.96. The van der Waals surface area contributed by atoms with Gasteiger partial charge >= 0.3 is 0 Å². The minimum Gasteiger partial charge on any atom is -0.334 e. The number of benzene rings is 1. The lowest BCUT2D eigenvalue weighted by atomic mass is 10.2. The number of hydrogen-bond acceptors (Lipinski definition) is 4. The third kappa shape index (κ3) is 1.96. The fourth-order valence-corrected chi connectivity index (χ4v) is 2.47. The molecule has 0 aliphatic rings. The van der Waals surface area contributed by atoms with Crippen molar-refractivity contribution in [2.75, 3.05) is 0 Å². The first-order valence-corrected chi connectivity index (χ1v) is 6.96. The van der Waals surface area contributed by atoms with Crippen LogP contribution in [0.5, 0.6) is 0 Å². The molecule has 0 N–H and O–H groups in total. The molecule has 4 aromatic rings. The van der Waals surface area contributed by atoms with Gasteiger partial charge in [-0.3, -0.25) is 9.55 Å². The number of nitrogens with zero attached hydrogens (tertiary/aromatic N) is 6. The van der Waals surface area contributed by atoms with Crippen molar-refractivity contribution in [3.05, 3.63) is 55.0 Å². The van der Waals surface area contributed by atoms with E-state index in [-0.39, 0.29) is 0 Å². The standard InChI is InChI=1S/C16H14N6/c1-11-8-19-14(9-18-11)16-17-5-6-22(16)12-3-4-13-15(7-12)21(2)10-20-13/h3-10H,1-2H3. The Bertz CT molecular complexity index is 948. The van der Waals surface area contributed by atoms with Crippen LogP contribution in [0, 0.1) is 6.92 Å². The molecule has 0 bridgehead atoms. The molecule has 6 nitrogen and oxygen atoms in total. The molecule has 22 heavy (non-hydrogen) atoms. The Kier molecular flexibility index (Phi) is 2.75. The smallest absolute Gasteiger partial charge is 0.164 e. The van der Waals surface area contributed by atoms with Gasteiger partial charge in [-0.05, 0) is 25.1 Å². The molecule has 0 aliphatic heterocycles. The maximum atomic E-state index is 4.42. The highest BCUT2D eigenvalue weighted by molar-refractivity contribution is 5.78. The average molecular weight is 290 g/mol. The first kappa shape index (κ1) is 12.7. The van der Waals surface area contributed by atoms with Gasteiger partial charge in [-0.15, -0.1) is 0 Å². The molecule has 3 aromatic heterocycles. The molecule has 0 atom stereocenters. The van der Waals surface area contributed by atoms with Gasteiger partial charge in [0.15, 0.2) is 5.82 Å². The van der Waals surface area contributed by atoms with E-state index < -0.39 is 0 Å². The summed E-state index contributed by atoms with van der Waals surface area (Å²) < 4.78 is 4.01. The van der Waals surface area contributed by atoms with Crippen LogP contribution in [0.2, 0.25) is 0 Å². The van der Waals surface area contributed by atoms with E-state index in [0.29, 0.717) is 0 Å². The highest BCUT2D eigenvalue weighted by Gasteiger charge is 2.10. The highest BCUT2D eigenvalue weighted by Crippen LogP contribution is 2.22. The van der Waals surface area contributed by atoms with Crippen LogP contribution in [0.4, 0.5) is 0 Å². The van der Waals surface area contributed by atoms with Gasteiger partial charge in [0.25, 0.3) is 0 Å². The summed E-state index contributed by atoms with van der Waals surface area (Å²) in [5.41, 5.74) is 4.71. The molecule has 1 aromatic carbocycles. The van der Waals surface area contributed by atoms with Crippen LogP contribution < -0.4 is 0 Å². The van der Waals surface area contributed by atoms with Gasteiger partial charge < -0.3 is 4.57 Å². The van der Waals surface area contributed by atoms with Crippen LogP contribution in [0.25, 0.3) is 28.2 Å². The molecule has 0 saturated carbocycles. The van der Waals surface area contributed by atoms with Gasteiger partial charge in [0.05, 0.1) is 29.3 Å². The first-order chi connectivity index (χ1) is 10.7. The summed E-state index contributed by atoms with van der Waals surface area (Å²) in [6.45, 7) is 1.92. The highest BCUT2D eigenvalue weighted by atomic mass is 15.1. The SMILES string of the molecule is Cc1cnc(-c2nccn2-c2ccc3ncn(C)c3c2)cn1. The summed E-state index contributed by atoms with van der Waals surface area (Å²) in [7, 11) is 1.99. The van der Waals surface area contributed by atoms with Crippen molar-refractivity contribution in [2.24, 2.45) is 7.05 Å². The van der Waals surface area contributed by atoms with E-state index in [4.69, 9.17) is 0 Å². The second kappa shape index (κ2) is 4.77. The van der Waals surface area contributed by atoms with Gasteiger partial charge in [-0.2, -0.15) is 0 Å². The number of aryl methyl sites for hydroxylation is 2. The van der Waals surface area contributed by atoms with Crippen LogP contribution >= 0.6 is 0 Å². The van der Waals surface area contributed by atoms with E-state index in [0.717, 1.165) is 33.9 Å². The average Bonchev–Trinajstić information content (AvgIpc) is 3.15. The third-order valence-electron chi connectivity index (χ3n) is 3.64. The van der Waals surface area contributed by atoms with Crippen molar-refractivity contribution < 1.29 is 0 Å². The Labute approximate surface area is 127 Å². The molecule has 0 spiro atoms. The van der Waals surface area contributed by atoms with E-state index >= 15 is 0 Å². The molecule has 0 amide bonds. The second-order valence-electron chi connectivity index (χ2n) is 5.19. The van der Waals surface area contributed by atoms with Crippen molar-refractivity contribution in [3.63, 3.8) is 0 Å². The molecule has 0 fully saturated rings. The monoisotopic (exact) mass is 290 g/mol. The fraction of sp³-hybridized carbons (Fsp3) is 0.125. The maximum absolute atomic E-state index is 4.42. The number of fused-ring (bicyclic) bond motifs is 1. The number of aromatic nitrogens is 6. The van der Waals surface area contributed by atoms with Crippen molar-refractivity contribution in [3.8, 4) is 17.2 Å². The Balaban J connectivity index is 1.87. The van der Waals surface area contributed by atoms with Gasteiger partial charge in [0, 0.05) is 31.3 Å². The quantitative estimate of drug-likeness (QED) is 0.569. The van der Waals surface area contributed by atoms with Gasteiger partial charge in [-0.25, -0.2) is 15.0 Å². The van der Waals surface area contributed by atoms with Gasteiger partial charge in [0.1, 0.15) is 5.69 Å². The van der Waals surface area contributed by atoms with Crippen LogP contribution in [-0.4, -0.2) is 29.1 Å². The molecule has 0 unspecified atom stereocenters. The number of imidazole rings is 2. The van der Waals surface area contributed by atoms with Crippen LogP contribution in [0.1, 0.15) is 5.69 Å². The summed E-state index contributed by atoms with van der Waals surface area (Å²) >= 11 is 0. The Morgan fingerprint density at radius 1 is 1.00 bits per heavy atom. The summed E-state index contributed by atoms with van der Waals surface area (Å²) in [5, 5.41) is 0. The van der Waals surface area contributed by atoms with Crippen molar-refractivity contribution >= 4 is 11.0 Å². The van der Waals surface area contributed by atoms with E-state index in [1.165, 1.54) is 0 Å². The summed E-state index contributed by atoms with van der Waals surface area (Å²) in [6.07, 6.45) is 9.00. The van der Waals surface area contributed by atoms with Crippen molar-refractivity contribution in [2.45, 2.75) is 6.92 Å². The summed E-state index contributed by atoms with van der Waals surface area (Å²) in [5.74, 6) is 0.772. The normalized spacial score (nSPS) is 11.2. The zero-order valence-corrected chi connectivity index (χ0v) is 12.3. The minimum atomic E-state index is 0.751. The van der Waals surface area contributed by atoms with Crippen LogP contribution in [0.3, 0.4) is 0 Å². The molecule has 108 valence electrons. The lowest BCUT2D eigenvalue weighted by Crippen LogP contribution is -1.99. The lowest BCUT2D eigenvalue weighted by molar-refractivity contribution is 0.945. The zero-order valence-electron chi connectivity index (χ0n) is 12.3. The fourth-order valence-electron chi connectivity index (χ4n) is 2.47. The molecular weight excluding hydrogens is 276 g/mol. The number of hydrogen-bond donors (Lipinski definition) is 0. The molecule has 0 saturated heterocycles. The Hall–Kier alpha value is -3.02. The Morgan fingerprint density at radius 2 is 1.91 bits per heavy atom. The summed E-state index contributed by atoms with van der Waals surface area (Å²) in [4.78, 5) is 17.5. The van der Waals surface area contributed by atoms with Crippen LogP contribution in [0.15, 0.2) is 49.3 Å². The molecule has 0 radical (unpaired) electrons. The van der Waals surface area contributed by atoms with E-state index in [2.05, 4.69) is 26.0 Å². The lowest BCUT2D eigenvalue weighted by Gasteiger charge is -2.08. The molecular formula is C16H14N6. The van der Waals surface area contributed by atoms with Crippen LogP contribution in [-0.2, 0) is 7.05 Å². The third-order valence-corrected chi connectivity index (χ3v) is 3.64. The zero-order chi connectivity index (χ0) is 15.1. The predicted molar refractivity (Wildman–Crippen MR) is 83.6 cm³/mol. The largest absolute Gasteiger partial charge is 0.334 e. The second-order valence-corrected chi connectivity index (χ2v) is 5.19. The molecule has 0 aliphatic carbocycles. The molecule has 6 heteroatoms. The minimum absolute atomic E-state index is 0.751. The molecule has 3 heterocycles. The topological polar surface area (TPSA) is 61.4 Å². The van der Waals surface area contributed by atoms with Gasteiger partial charge in [0.2, 0.25) is 0 Å². The van der Waals surface area contributed by atoms with Gasteiger partial charge in [-0.1, -0.05) is 0 Å². The predicted octanol–water partition coefficient (Wildman–Crippen LogP) is 2.52.